The highest BCUT2D eigenvalue weighted by Crippen LogP contribution is 2.24. The van der Waals surface area contributed by atoms with Gasteiger partial charge in [-0.1, -0.05) is 19.9 Å². The third kappa shape index (κ3) is 3.23. The van der Waals surface area contributed by atoms with E-state index in [1.54, 1.807) is 24.3 Å². The molecular formula is C17H20N6O. The van der Waals surface area contributed by atoms with Crippen molar-refractivity contribution in [3.63, 3.8) is 0 Å². The lowest BCUT2D eigenvalue weighted by Crippen LogP contribution is -2.36. The van der Waals surface area contributed by atoms with E-state index >= 15 is 0 Å². The summed E-state index contributed by atoms with van der Waals surface area (Å²) in [7, 11) is 0. The van der Waals surface area contributed by atoms with E-state index in [9.17, 15) is 4.79 Å². The normalized spacial score (nSPS) is 14.1. The number of fused-ring (bicyclic) bond motifs is 1. The molecule has 2 heterocycles. The highest BCUT2D eigenvalue weighted by Gasteiger charge is 2.27. The number of aryl methyl sites for hydroxylation is 1. The van der Waals surface area contributed by atoms with Crippen LogP contribution in [0.5, 0.6) is 0 Å². The molecule has 124 valence electrons. The van der Waals surface area contributed by atoms with Crippen LogP contribution in [0.25, 0.3) is 0 Å². The number of carbonyl (C=O) groups is 1. The molecule has 2 aromatic rings. The van der Waals surface area contributed by atoms with Crippen molar-refractivity contribution in [1.82, 2.24) is 20.1 Å². The van der Waals surface area contributed by atoms with Gasteiger partial charge in [0.1, 0.15) is 5.82 Å². The largest absolute Gasteiger partial charge is 0.328 e. The van der Waals surface area contributed by atoms with Crippen molar-refractivity contribution in [2.45, 2.75) is 39.3 Å². The van der Waals surface area contributed by atoms with Crippen molar-refractivity contribution in [3.05, 3.63) is 41.5 Å². The van der Waals surface area contributed by atoms with Crippen LogP contribution in [0.4, 0.5) is 10.5 Å². The van der Waals surface area contributed by atoms with E-state index in [0.29, 0.717) is 11.3 Å². The van der Waals surface area contributed by atoms with Crippen molar-refractivity contribution in [2.75, 3.05) is 5.32 Å². The van der Waals surface area contributed by atoms with E-state index in [-0.39, 0.29) is 18.0 Å². The van der Waals surface area contributed by atoms with E-state index in [0.717, 1.165) is 31.0 Å². The first kappa shape index (κ1) is 16.0. The van der Waals surface area contributed by atoms with Gasteiger partial charge in [-0.2, -0.15) is 5.26 Å². The minimum Gasteiger partial charge on any atom is -0.328 e. The number of benzene rings is 1. The van der Waals surface area contributed by atoms with Crippen LogP contribution >= 0.6 is 0 Å². The summed E-state index contributed by atoms with van der Waals surface area (Å²) in [4.78, 5) is 12.4. The molecule has 0 saturated heterocycles. The molecule has 0 saturated carbocycles. The van der Waals surface area contributed by atoms with Crippen LogP contribution in [0.3, 0.4) is 0 Å². The summed E-state index contributed by atoms with van der Waals surface area (Å²) in [6.45, 7) is 4.98. The average molecular weight is 324 g/mol. The summed E-state index contributed by atoms with van der Waals surface area (Å²) in [6, 6.07) is 8.33. The molecule has 0 fully saturated rings. The second-order valence-electron chi connectivity index (χ2n) is 6.24. The highest BCUT2D eigenvalue weighted by atomic mass is 16.2. The topological polar surface area (TPSA) is 95.6 Å². The fourth-order valence-electron chi connectivity index (χ4n) is 2.91. The van der Waals surface area contributed by atoms with Gasteiger partial charge >= 0.3 is 6.03 Å². The van der Waals surface area contributed by atoms with Crippen LogP contribution in [0.1, 0.15) is 43.5 Å². The number of carbonyl (C=O) groups excluding carboxylic acids is 1. The van der Waals surface area contributed by atoms with E-state index in [1.165, 1.54) is 0 Å². The zero-order chi connectivity index (χ0) is 17.1. The van der Waals surface area contributed by atoms with Gasteiger partial charge in [0.25, 0.3) is 0 Å². The van der Waals surface area contributed by atoms with Crippen molar-refractivity contribution < 1.29 is 4.79 Å². The quantitative estimate of drug-likeness (QED) is 0.903. The van der Waals surface area contributed by atoms with E-state index in [4.69, 9.17) is 5.26 Å². The van der Waals surface area contributed by atoms with Gasteiger partial charge in [0, 0.05) is 18.7 Å². The predicted octanol–water partition coefficient (Wildman–Crippen LogP) is 2.61. The molecule has 0 bridgehead atoms. The third-order valence-electron chi connectivity index (χ3n) is 4.12. The molecule has 0 radical (unpaired) electrons. The molecule has 0 unspecified atom stereocenters. The Labute approximate surface area is 140 Å². The summed E-state index contributed by atoms with van der Waals surface area (Å²) in [6.07, 6.45) is 2.00. The lowest BCUT2D eigenvalue weighted by Gasteiger charge is -2.22. The zero-order valence-electron chi connectivity index (χ0n) is 13.8. The van der Waals surface area contributed by atoms with Crippen LogP contribution in [-0.4, -0.2) is 20.8 Å². The number of hydrogen-bond donors (Lipinski definition) is 2. The lowest BCUT2D eigenvalue weighted by molar-refractivity contribution is 0.243. The number of nitrogens with one attached hydrogen (secondary N) is 2. The van der Waals surface area contributed by atoms with Gasteiger partial charge in [-0.15, -0.1) is 10.2 Å². The molecule has 1 aliphatic rings. The minimum atomic E-state index is -0.320. The van der Waals surface area contributed by atoms with Crippen LogP contribution in [0, 0.1) is 17.2 Å². The first-order chi connectivity index (χ1) is 11.6. The molecule has 1 aliphatic heterocycles. The number of urea groups is 1. The summed E-state index contributed by atoms with van der Waals surface area (Å²) < 4.78 is 2.10. The van der Waals surface area contributed by atoms with Crippen LogP contribution in [0.2, 0.25) is 0 Å². The Bertz CT molecular complexity index is 789. The van der Waals surface area contributed by atoms with E-state index in [2.05, 4.69) is 31.5 Å². The van der Waals surface area contributed by atoms with Gasteiger partial charge in [0.05, 0.1) is 17.7 Å². The van der Waals surface area contributed by atoms with E-state index in [1.807, 2.05) is 13.8 Å². The molecule has 1 aromatic carbocycles. The summed E-state index contributed by atoms with van der Waals surface area (Å²) in [5.74, 6) is 1.97. The van der Waals surface area contributed by atoms with Gasteiger partial charge in [0.15, 0.2) is 5.82 Å². The Morgan fingerprint density at radius 1 is 1.38 bits per heavy atom. The van der Waals surface area contributed by atoms with Gasteiger partial charge in [-0.3, -0.25) is 0 Å². The Kier molecular flexibility index (Phi) is 4.47. The standard InChI is InChI=1S/C17H20N6O/c1-11(2)15(16-22-21-14-7-4-8-23(14)16)20-17(24)19-13-6-3-5-12(9-13)10-18/h3,5-6,9,11,15H,4,7-8H2,1-2H3,(H2,19,20,24)/t15-/m1/s1. The van der Waals surface area contributed by atoms with Gasteiger partial charge in [-0.25, -0.2) is 4.79 Å². The SMILES string of the molecule is CC(C)[C@@H](NC(=O)Nc1cccc(C#N)c1)c1nnc2n1CCC2. The maximum atomic E-state index is 12.4. The predicted molar refractivity (Wildman–Crippen MR) is 89.2 cm³/mol. The van der Waals surface area contributed by atoms with Crippen LogP contribution < -0.4 is 10.6 Å². The monoisotopic (exact) mass is 324 g/mol. The molecule has 0 spiro atoms. The van der Waals surface area contributed by atoms with Gasteiger partial charge < -0.3 is 15.2 Å². The van der Waals surface area contributed by atoms with Crippen molar-refractivity contribution in [1.29, 1.82) is 5.26 Å². The average Bonchev–Trinajstić information content (AvgIpc) is 3.16. The Balaban J connectivity index is 1.73. The third-order valence-corrected chi connectivity index (χ3v) is 4.12. The number of amides is 2. The minimum absolute atomic E-state index is 0.176. The number of anilines is 1. The van der Waals surface area contributed by atoms with Crippen molar-refractivity contribution >= 4 is 11.7 Å². The number of hydrogen-bond acceptors (Lipinski definition) is 4. The summed E-state index contributed by atoms with van der Waals surface area (Å²) in [5, 5.41) is 23.2. The van der Waals surface area contributed by atoms with Crippen molar-refractivity contribution in [3.8, 4) is 6.07 Å². The maximum Gasteiger partial charge on any atom is 0.319 e. The van der Waals surface area contributed by atoms with E-state index < -0.39 is 0 Å². The fraction of sp³-hybridized carbons (Fsp3) is 0.412. The number of nitrogens with zero attached hydrogens (tertiary/aromatic N) is 4. The second-order valence-corrected chi connectivity index (χ2v) is 6.24. The number of rotatable bonds is 4. The number of nitriles is 1. The molecule has 0 aliphatic carbocycles. The number of aromatic nitrogens is 3. The molecular weight excluding hydrogens is 304 g/mol. The molecule has 2 amide bonds. The molecule has 3 rings (SSSR count). The first-order valence-electron chi connectivity index (χ1n) is 8.08. The highest BCUT2D eigenvalue weighted by molar-refractivity contribution is 5.89. The second kappa shape index (κ2) is 6.71. The zero-order valence-corrected chi connectivity index (χ0v) is 13.8. The maximum absolute atomic E-state index is 12.4. The smallest absolute Gasteiger partial charge is 0.319 e. The Hall–Kier alpha value is -2.88. The molecule has 1 atom stereocenters. The Morgan fingerprint density at radius 2 is 2.21 bits per heavy atom. The molecule has 2 N–H and O–H groups in total. The molecule has 1 aromatic heterocycles. The molecule has 24 heavy (non-hydrogen) atoms. The summed E-state index contributed by atoms with van der Waals surface area (Å²) in [5.41, 5.74) is 1.09. The van der Waals surface area contributed by atoms with Crippen molar-refractivity contribution in [2.24, 2.45) is 5.92 Å². The lowest BCUT2D eigenvalue weighted by atomic mass is 10.0. The van der Waals surface area contributed by atoms with Crippen LogP contribution in [-0.2, 0) is 13.0 Å². The van der Waals surface area contributed by atoms with Crippen LogP contribution in [0.15, 0.2) is 24.3 Å². The van der Waals surface area contributed by atoms with Gasteiger partial charge in [0.2, 0.25) is 0 Å². The molecule has 7 nitrogen and oxygen atoms in total. The fourth-order valence-corrected chi connectivity index (χ4v) is 2.91. The Morgan fingerprint density at radius 3 is 2.96 bits per heavy atom. The molecule has 7 heteroatoms. The first-order valence-corrected chi connectivity index (χ1v) is 8.08. The summed E-state index contributed by atoms with van der Waals surface area (Å²) >= 11 is 0. The van der Waals surface area contributed by atoms with Gasteiger partial charge in [-0.05, 0) is 30.5 Å².